The Kier molecular flexibility index (Phi) is 5.81. The molecular weight excluding hydrogens is 450 g/mol. The number of anilines is 1. The Bertz CT molecular complexity index is 1450. The highest BCUT2D eigenvalue weighted by molar-refractivity contribution is 6.30. The van der Waals surface area contributed by atoms with Crippen molar-refractivity contribution in [1.82, 2.24) is 19.1 Å². The van der Waals surface area contributed by atoms with Gasteiger partial charge in [-0.05, 0) is 50.1 Å². The topological polar surface area (TPSA) is 62.9 Å². The number of carbonyl (C=O) groups excluding carboxylic acids is 1. The van der Waals surface area contributed by atoms with Gasteiger partial charge in [0.25, 0.3) is 5.56 Å². The summed E-state index contributed by atoms with van der Waals surface area (Å²) >= 11 is 6.23. The molecule has 0 aliphatic carbocycles. The first-order chi connectivity index (χ1) is 16.4. The van der Waals surface area contributed by atoms with E-state index in [4.69, 9.17) is 11.6 Å². The summed E-state index contributed by atoms with van der Waals surface area (Å²) in [4.78, 5) is 34.5. The van der Waals surface area contributed by atoms with E-state index in [2.05, 4.69) is 16.8 Å². The molecule has 0 N–H and O–H groups in total. The highest BCUT2D eigenvalue weighted by atomic mass is 35.5. The maximum Gasteiger partial charge on any atom is 0.273 e. The number of hydrogen-bond donors (Lipinski definition) is 0. The van der Waals surface area contributed by atoms with Gasteiger partial charge in [0.2, 0.25) is 5.91 Å². The first kappa shape index (κ1) is 22.5. The maximum absolute atomic E-state index is 13.8. The monoisotopic (exact) mass is 477 g/mol. The zero-order valence-corrected chi connectivity index (χ0v) is 20.4. The summed E-state index contributed by atoms with van der Waals surface area (Å²) in [6, 6.07) is 14.9. The predicted molar refractivity (Wildman–Crippen MR) is 136 cm³/mol. The van der Waals surface area contributed by atoms with Crippen molar-refractivity contribution in [2.45, 2.75) is 33.2 Å². The van der Waals surface area contributed by atoms with Gasteiger partial charge in [-0.2, -0.15) is 4.98 Å². The van der Waals surface area contributed by atoms with E-state index in [-0.39, 0.29) is 11.5 Å². The molecule has 0 unspecified atom stereocenters. The second-order valence-corrected chi connectivity index (χ2v) is 9.34. The van der Waals surface area contributed by atoms with E-state index in [1.807, 2.05) is 70.4 Å². The molecule has 5 rings (SSSR count). The van der Waals surface area contributed by atoms with E-state index in [9.17, 15) is 9.59 Å². The van der Waals surface area contributed by atoms with E-state index in [1.165, 1.54) is 11.6 Å². The van der Waals surface area contributed by atoms with Crippen molar-refractivity contribution >= 4 is 39.7 Å². The zero-order chi connectivity index (χ0) is 24.0. The van der Waals surface area contributed by atoms with Crippen LogP contribution >= 0.6 is 11.6 Å². The lowest BCUT2D eigenvalue weighted by atomic mass is 10.1. The molecule has 8 heteroatoms. The van der Waals surface area contributed by atoms with Crippen LogP contribution in [0.3, 0.4) is 0 Å². The number of para-hydroxylation sites is 1. The second kappa shape index (κ2) is 8.80. The lowest BCUT2D eigenvalue weighted by Gasteiger charge is -2.38. The highest BCUT2D eigenvalue weighted by Gasteiger charge is 2.31. The molecule has 1 aliphatic rings. The fraction of sp³-hybridized carbons (Fsp3) is 0.346. The Hall–Kier alpha value is -3.32. The number of benzene rings is 2. The molecule has 0 bridgehead atoms. The van der Waals surface area contributed by atoms with Crippen LogP contribution in [0.4, 0.5) is 5.69 Å². The van der Waals surface area contributed by atoms with Crippen molar-refractivity contribution in [1.29, 1.82) is 0 Å². The summed E-state index contributed by atoms with van der Waals surface area (Å²) in [5, 5.41) is 1.59. The number of fused-ring (bicyclic) bond motifs is 3. The lowest BCUT2D eigenvalue weighted by molar-refractivity contribution is -0.135. The van der Waals surface area contributed by atoms with Crippen molar-refractivity contribution in [3.05, 3.63) is 75.2 Å². The molecule has 1 fully saturated rings. The number of piperazine rings is 1. The third-order valence-electron chi connectivity index (χ3n) is 6.76. The van der Waals surface area contributed by atoms with Gasteiger partial charge in [-0.15, -0.1) is 0 Å². The molecule has 0 saturated carbocycles. The van der Waals surface area contributed by atoms with Gasteiger partial charge in [0, 0.05) is 54.0 Å². The molecule has 1 saturated heterocycles. The number of hydrogen-bond acceptors (Lipinski definition) is 4. The van der Waals surface area contributed by atoms with Gasteiger partial charge in [0.15, 0.2) is 5.65 Å². The third kappa shape index (κ3) is 3.74. The minimum atomic E-state index is -0.398. The van der Waals surface area contributed by atoms with E-state index in [0.717, 1.165) is 40.4 Å². The molecule has 2 aromatic heterocycles. The molecule has 0 spiro atoms. The van der Waals surface area contributed by atoms with Crippen LogP contribution in [-0.4, -0.2) is 51.2 Å². The van der Waals surface area contributed by atoms with Gasteiger partial charge in [0.1, 0.15) is 6.04 Å². The molecule has 2 aromatic carbocycles. The van der Waals surface area contributed by atoms with Crippen LogP contribution in [-0.2, 0) is 4.79 Å². The van der Waals surface area contributed by atoms with Crippen molar-refractivity contribution in [2.75, 3.05) is 31.1 Å². The number of rotatable bonds is 4. The second-order valence-electron chi connectivity index (χ2n) is 8.90. The minimum absolute atomic E-state index is 0.0886. The first-order valence-corrected chi connectivity index (χ1v) is 12.1. The molecular formula is C26H28ClN5O2. The molecule has 3 heterocycles. The van der Waals surface area contributed by atoms with Crippen molar-refractivity contribution < 1.29 is 4.79 Å². The van der Waals surface area contributed by atoms with Gasteiger partial charge in [-0.1, -0.05) is 36.7 Å². The predicted octanol–water partition coefficient (Wildman–Crippen LogP) is 4.22. The summed E-state index contributed by atoms with van der Waals surface area (Å²) in [6.45, 7) is 8.79. The molecule has 176 valence electrons. The van der Waals surface area contributed by atoms with Crippen LogP contribution in [0.25, 0.3) is 16.6 Å². The van der Waals surface area contributed by atoms with E-state index in [0.29, 0.717) is 25.2 Å². The zero-order valence-electron chi connectivity index (χ0n) is 19.7. The van der Waals surface area contributed by atoms with Gasteiger partial charge < -0.3 is 9.80 Å². The molecule has 4 aromatic rings. The SMILES string of the molecule is CC[C@@H](C(=O)N1CCN(c2cc(Cl)ccc2C)CC1)n1c2ccccc2c2nc(=O)cc(C)n21. The highest BCUT2D eigenvalue weighted by Crippen LogP contribution is 2.29. The molecule has 1 amide bonds. The van der Waals surface area contributed by atoms with Crippen molar-refractivity contribution in [2.24, 2.45) is 0 Å². The number of halogens is 1. The number of carbonyl (C=O) groups is 1. The lowest BCUT2D eigenvalue weighted by Crippen LogP contribution is -2.51. The summed E-state index contributed by atoms with van der Waals surface area (Å²) in [6.07, 6.45) is 0.631. The number of amides is 1. The van der Waals surface area contributed by atoms with Gasteiger partial charge in [-0.25, -0.2) is 4.52 Å². The number of aryl methyl sites for hydroxylation is 2. The quantitative estimate of drug-likeness (QED) is 0.441. The summed E-state index contributed by atoms with van der Waals surface area (Å²) < 4.78 is 3.94. The molecule has 1 aliphatic heterocycles. The third-order valence-corrected chi connectivity index (χ3v) is 7.00. The Morgan fingerprint density at radius 2 is 1.79 bits per heavy atom. The molecule has 1 atom stereocenters. The maximum atomic E-state index is 13.8. The fourth-order valence-electron chi connectivity index (χ4n) is 5.07. The van der Waals surface area contributed by atoms with Crippen LogP contribution in [0.15, 0.2) is 53.3 Å². The summed E-state index contributed by atoms with van der Waals surface area (Å²) in [5.74, 6) is 0.0886. The van der Waals surface area contributed by atoms with Crippen molar-refractivity contribution in [3.8, 4) is 0 Å². The largest absolute Gasteiger partial charge is 0.368 e. The van der Waals surface area contributed by atoms with E-state index < -0.39 is 6.04 Å². The summed E-state index contributed by atoms with van der Waals surface area (Å²) in [5.41, 5.74) is 4.29. The van der Waals surface area contributed by atoms with E-state index >= 15 is 0 Å². The van der Waals surface area contributed by atoms with E-state index in [1.54, 1.807) is 0 Å². The van der Waals surface area contributed by atoms with Crippen LogP contribution in [0.2, 0.25) is 5.02 Å². The Morgan fingerprint density at radius 3 is 2.53 bits per heavy atom. The Morgan fingerprint density at radius 1 is 1.06 bits per heavy atom. The van der Waals surface area contributed by atoms with Gasteiger partial charge in [-0.3, -0.25) is 14.3 Å². The average Bonchev–Trinajstić information content (AvgIpc) is 3.16. The molecule has 7 nitrogen and oxygen atoms in total. The fourth-order valence-corrected chi connectivity index (χ4v) is 5.23. The summed E-state index contributed by atoms with van der Waals surface area (Å²) in [7, 11) is 0. The van der Waals surface area contributed by atoms with Crippen LogP contribution in [0.1, 0.15) is 30.6 Å². The normalized spacial score (nSPS) is 15.3. The minimum Gasteiger partial charge on any atom is -0.368 e. The van der Waals surface area contributed by atoms with Gasteiger partial charge in [0.05, 0.1) is 5.52 Å². The molecule has 0 radical (unpaired) electrons. The first-order valence-electron chi connectivity index (χ1n) is 11.7. The Labute approximate surface area is 203 Å². The van der Waals surface area contributed by atoms with Crippen LogP contribution < -0.4 is 10.5 Å². The van der Waals surface area contributed by atoms with Crippen LogP contribution in [0, 0.1) is 13.8 Å². The number of nitrogens with zero attached hydrogens (tertiary/aromatic N) is 5. The smallest absolute Gasteiger partial charge is 0.273 e. The Balaban J connectivity index is 1.48. The standard InChI is InChI=1S/C26H28ClN5O2/c1-4-21(26(34)30-13-11-29(12-14-30)23-16-19(27)10-9-17(23)2)32-22-8-6-5-7-20(22)25-28-24(33)15-18(3)31(25)32/h5-10,15-16,21H,4,11-14H2,1-3H3/t21-/m0/s1. The van der Waals surface area contributed by atoms with Gasteiger partial charge >= 0.3 is 0 Å². The number of aromatic nitrogens is 3. The molecule has 34 heavy (non-hydrogen) atoms. The van der Waals surface area contributed by atoms with Crippen molar-refractivity contribution in [3.63, 3.8) is 0 Å². The average molecular weight is 478 g/mol. The van der Waals surface area contributed by atoms with Crippen LogP contribution in [0.5, 0.6) is 0 Å².